The van der Waals surface area contributed by atoms with Gasteiger partial charge in [-0.3, -0.25) is 4.79 Å². The first-order valence-corrected chi connectivity index (χ1v) is 4.61. The molecule has 0 aliphatic heterocycles. The van der Waals surface area contributed by atoms with Gasteiger partial charge in [0.1, 0.15) is 0 Å². The van der Waals surface area contributed by atoms with Gasteiger partial charge in [-0.05, 0) is 24.0 Å². The van der Waals surface area contributed by atoms with Crippen LogP contribution < -0.4 is 5.73 Å². The molecule has 0 atom stereocenters. The maximum absolute atomic E-state index is 11.2. The molecule has 0 unspecified atom stereocenters. The second-order valence-corrected chi connectivity index (χ2v) is 3.02. The highest BCUT2D eigenvalue weighted by Gasteiger charge is 2.10. The minimum absolute atomic E-state index is 0.311. The third kappa shape index (κ3) is 1.89. The third-order valence-corrected chi connectivity index (χ3v) is 2.25. The average Bonchev–Trinajstić information content (AvgIpc) is 2.16. The zero-order valence-corrected chi connectivity index (χ0v) is 8.13. The van der Waals surface area contributed by atoms with Gasteiger partial charge in [-0.1, -0.05) is 32.0 Å². The molecule has 1 aromatic rings. The summed E-state index contributed by atoms with van der Waals surface area (Å²) >= 11 is 0. The Balaban J connectivity index is 3.29. The van der Waals surface area contributed by atoms with Gasteiger partial charge in [0, 0.05) is 5.56 Å². The zero-order valence-electron chi connectivity index (χ0n) is 8.13. The number of nitrogens with two attached hydrogens (primary N) is 1. The lowest BCUT2D eigenvalue weighted by molar-refractivity contribution is 0.0998. The molecule has 0 radical (unpaired) electrons. The number of carbonyl (C=O) groups is 1. The predicted octanol–water partition coefficient (Wildman–Crippen LogP) is 1.91. The van der Waals surface area contributed by atoms with Crippen LogP contribution in [-0.2, 0) is 12.8 Å². The van der Waals surface area contributed by atoms with Gasteiger partial charge in [0.15, 0.2) is 0 Å². The molecule has 0 heterocycles. The number of hydrogen-bond donors (Lipinski definition) is 1. The number of carbonyl (C=O) groups excluding carboxylic acids is 1. The molecule has 0 aliphatic rings. The molecule has 13 heavy (non-hydrogen) atoms. The van der Waals surface area contributed by atoms with Crippen molar-refractivity contribution in [3.8, 4) is 0 Å². The lowest BCUT2D eigenvalue weighted by Crippen LogP contribution is -2.16. The highest BCUT2D eigenvalue weighted by Crippen LogP contribution is 2.15. The van der Waals surface area contributed by atoms with Crippen molar-refractivity contribution in [2.24, 2.45) is 5.73 Å². The molecule has 0 saturated carbocycles. The maximum atomic E-state index is 11.2. The summed E-state index contributed by atoms with van der Waals surface area (Å²) in [5, 5.41) is 0. The third-order valence-electron chi connectivity index (χ3n) is 2.25. The molecular formula is C11H15NO. The summed E-state index contributed by atoms with van der Waals surface area (Å²) in [7, 11) is 0. The summed E-state index contributed by atoms with van der Waals surface area (Å²) in [6.45, 7) is 4.06. The molecule has 2 N–H and O–H groups in total. The lowest BCUT2D eigenvalue weighted by atomic mass is 9.97. The first-order valence-electron chi connectivity index (χ1n) is 4.61. The van der Waals surface area contributed by atoms with E-state index in [4.69, 9.17) is 5.73 Å². The fourth-order valence-corrected chi connectivity index (χ4v) is 1.56. The van der Waals surface area contributed by atoms with Crippen LogP contribution in [-0.4, -0.2) is 5.91 Å². The minimum Gasteiger partial charge on any atom is -0.366 e. The van der Waals surface area contributed by atoms with Crippen LogP contribution in [0.3, 0.4) is 0 Å². The van der Waals surface area contributed by atoms with Crippen molar-refractivity contribution < 1.29 is 4.79 Å². The minimum atomic E-state index is -0.311. The van der Waals surface area contributed by atoms with E-state index in [-0.39, 0.29) is 5.91 Å². The fourth-order valence-electron chi connectivity index (χ4n) is 1.56. The molecule has 0 spiro atoms. The summed E-state index contributed by atoms with van der Waals surface area (Å²) in [6, 6.07) is 5.89. The van der Waals surface area contributed by atoms with Crippen LogP contribution in [0.1, 0.15) is 35.3 Å². The SMILES string of the molecule is CCc1cccc(CC)c1C(N)=O. The van der Waals surface area contributed by atoms with Crippen molar-refractivity contribution in [2.75, 3.05) is 0 Å². The average molecular weight is 177 g/mol. The van der Waals surface area contributed by atoms with Gasteiger partial charge in [-0.15, -0.1) is 0 Å². The Morgan fingerprint density at radius 3 is 2.00 bits per heavy atom. The van der Waals surface area contributed by atoms with E-state index in [1.165, 1.54) is 0 Å². The summed E-state index contributed by atoms with van der Waals surface area (Å²) in [6.07, 6.45) is 1.71. The van der Waals surface area contributed by atoms with E-state index in [2.05, 4.69) is 0 Å². The molecule has 0 aliphatic carbocycles. The number of primary amides is 1. The lowest BCUT2D eigenvalue weighted by Gasteiger charge is -2.08. The highest BCUT2D eigenvalue weighted by molar-refractivity contribution is 5.95. The van der Waals surface area contributed by atoms with E-state index >= 15 is 0 Å². The second kappa shape index (κ2) is 4.08. The van der Waals surface area contributed by atoms with Gasteiger partial charge in [0.25, 0.3) is 0 Å². The van der Waals surface area contributed by atoms with Crippen molar-refractivity contribution in [1.82, 2.24) is 0 Å². The summed E-state index contributed by atoms with van der Waals surface area (Å²) < 4.78 is 0. The van der Waals surface area contributed by atoms with Crippen LogP contribution in [0, 0.1) is 0 Å². The Kier molecular flexibility index (Phi) is 3.07. The molecular weight excluding hydrogens is 162 g/mol. The van der Waals surface area contributed by atoms with E-state index in [1.54, 1.807) is 0 Å². The topological polar surface area (TPSA) is 43.1 Å². The van der Waals surface area contributed by atoms with Gasteiger partial charge < -0.3 is 5.73 Å². The number of hydrogen-bond acceptors (Lipinski definition) is 1. The van der Waals surface area contributed by atoms with Crippen LogP contribution in [0.5, 0.6) is 0 Å². The van der Waals surface area contributed by atoms with Crippen LogP contribution in [0.4, 0.5) is 0 Å². The Morgan fingerprint density at radius 2 is 1.69 bits per heavy atom. The van der Waals surface area contributed by atoms with E-state index in [1.807, 2.05) is 32.0 Å². The smallest absolute Gasteiger partial charge is 0.249 e. The summed E-state index contributed by atoms with van der Waals surface area (Å²) in [5.41, 5.74) is 8.14. The van der Waals surface area contributed by atoms with Crippen LogP contribution in [0.15, 0.2) is 18.2 Å². The molecule has 1 amide bonds. The molecule has 2 nitrogen and oxygen atoms in total. The maximum Gasteiger partial charge on any atom is 0.249 e. The quantitative estimate of drug-likeness (QED) is 0.753. The number of aryl methyl sites for hydroxylation is 2. The normalized spacial score (nSPS) is 10.0. The Labute approximate surface area is 78.8 Å². The van der Waals surface area contributed by atoms with Crippen LogP contribution in [0.2, 0.25) is 0 Å². The zero-order chi connectivity index (χ0) is 9.84. The monoisotopic (exact) mass is 177 g/mol. The van der Waals surface area contributed by atoms with Crippen molar-refractivity contribution in [1.29, 1.82) is 0 Å². The summed E-state index contributed by atoms with van der Waals surface area (Å²) in [5.74, 6) is -0.311. The van der Waals surface area contributed by atoms with Crippen LogP contribution in [0.25, 0.3) is 0 Å². The second-order valence-electron chi connectivity index (χ2n) is 3.02. The molecule has 0 saturated heterocycles. The van der Waals surface area contributed by atoms with Crippen molar-refractivity contribution in [3.63, 3.8) is 0 Å². The largest absolute Gasteiger partial charge is 0.366 e. The molecule has 70 valence electrons. The highest BCUT2D eigenvalue weighted by atomic mass is 16.1. The van der Waals surface area contributed by atoms with Gasteiger partial charge in [0.05, 0.1) is 0 Å². The van der Waals surface area contributed by atoms with E-state index in [9.17, 15) is 4.79 Å². The molecule has 1 rings (SSSR count). The van der Waals surface area contributed by atoms with Crippen molar-refractivity contribution >= 4 is 5.91 Å². The van der Waals surface area contributed by atoms with Crippen LogP contribution >= 0.6 is 0 Å². The first-order chi connectivity index (χ1) is 6.20. The Hall–Kier alpha value is -1.31. The Morgan fingerprint density at radius 1 is 1.23 bits per heavy atom. The molecule has 2 heteroatoms. The van der Waals surface area contributed by atoms with Gasteiger partial charge in [-0.2, -0.15) is 0 Å². The van der Waals surface area contributed by atoms with Gasteiger partial charge in [0.2, 0.25) is 5.91 Å². The molecule has 0 bridgehead atoms. The standard InChI is InChI=1S/C11H15NO/c1-3-8-6-5-7-9(4-2)10(8)11(12)13/h5-7H,3-4H2,1-2H3,(H2,12,13). The number of rotatable bonds is 3. The van der Waals surface area contributed by atoms with Crippen molar-refractivity contribution in [2.45, 2.75) is 26.7 Å². The van der Waals surface area contributed by atoms with E-state index in [0.717, 1.165) is 24.0 Å². The van der Waals surface area contributed by atoms with Crippen molar-refractivity contribution in [3.05, 3.63) is 34.9 Å². The molecule has 0 aromatic heterocycles. The van der Waals surface area contributed by atoms with E-state index < -0.39 is 0 Å². The van der Waals surface area contributed by atoms with Gasteiger partial charge >= 0.3 is 0 Å². The van der Waals surface area contributed by atoms with E-state index in [0.29, 0.717) is 5.56 Å². The summed E-state index contributed by atoms with van der Waals surface area (Å²) in [4.78, 5) is 11.2. The fraction of sp³-hybridized carbons (Fsp3) is 0.364. The first kappa shape index (κ1) is 9.78. The van der Waals surface area contributed by atoms with Gasteiger partial charge in [-0.25, -0.2) is 0 Å². The predicted molar refractivity (Wildman–Crippen MR) is 53.7 cm³/mol. The number of benzene rings is 1. The molecule has 1 aromatic carbocycles. The number of amides is 1. The Bertz CT molecular complexity index is 296. The molecule has 0 fully saturated rings.